The monoisotopic (exact) mass is 476 g/mol. The van der Waals surface area contributed by atoms with Gasteiger partial charge in [0.1, 0.15) is 18.2 Å². The number of nitrogens with zero attached hydrogens (tertiary/aromatic N) is 1. The van der Waals surface area contributed by atoms with Crippen LogP contribution in [0.5, 0.6) is 5.75 Å². The average Bonchev–Trinajstić information content (AvgIpc) is 2.88. The highest BCUT2D eigenvalue weighted by atomic mass is 35.5. The summed E-state index contributed by atoms with van der Waals surface area (Å²) in [6, 6.07) is 25.3. The molecule has 0 amide bonds. The minimum atomic E-state index is -0.367. The van der Waals surface area contributed by atoms with Crippen molar-refractivity contribution in [2.24, 2.45) is 0 Å². The summed E-state index contributed by atoms with van der Waals surface area (Å²) < 4.78 is 25.8. The number of benzene rings is 4. The molecule has 1 saturated heterocycles. The predicted molar refractivity (Wildman–Crippen MR) is 136 cm³/mol. The Morgan fingerprint density at radius 1 is 0.882 bits per heavy atom. The first kappa shape index (κ1) is 22.5. The highest BCUT2D eigenvalue weighted by molar-refractivity contribution is 6.31. The van der Waals surface area contributed by atoms with Crippen molar-refractivity contribution in [2.45, 2.75) is 13.2 Å². The van der Waals surface area contributed by atoms with Gasteiger partial charge in [0.2, 0.25) is 0 Å². The number of nitrogens with one attached hydrogen (secondary N) is 1. The molecule has 0 unspecified atom stereocenters. The van der Waals surface area contributed by atoms with Gasteiger partial charge in [-0.25, -0.2) is 4.39 Å². The van der Waals surface area contributed by atoms with Gasteiger partial charge in [0.25, 0.3) is 0 Å². The molecule has 0 aliphatic carbocycles. The van der Waals surface area contributed by atoms with Crippen molar-refractivity contribution in [1.29, 1.82) is 0 Å². The summed E-state index contributed by atoms with van der Waals surface area (Å²) in [5.41, 5.74) is 3.59. The average molecular weight is 477 g/mol. The summed E-state index contributed by atoms with van der Waals surface area (Å²) in [4.78, 5) is 2.33. The summed E-state index contributed by atoms with van der Waals surface area (Å²) >= 11 is 6.20. The number of hydrogen-bond acceptors (Lipinski definition) is 4. The fourth-order valence-electron chi connectivity index (χ4n) is 4.26. The molecule has 34 heavy (non-hydrogen) atoms. The number of ether oxygens (including phenoxy) is 2. The molecule has 0 bridgehead atoms. The van der Waals surface area contributed by atoms with Gasteiger partial charge < -0.3 is 19.7 Å². The molecule has 0 radical (unpaired) electrons. The molecule has 0 saturated carbocycles. The van der Waals surface area contributed by atoms with E-state index in [2.05, 4.69) is 46.6 Å². The van der Waals surface area contributed by atoms with E-state index in [0.717, 1.165) is 48.3 Å². The van der Waals surface area contributed by atoms with Crippen molar-refractivity contribution in [2.75, 3.05) is 36.5 Å². The Hall–Kier alpha value is -3.28. The molecular formula is C28H26ClFN2O2. The highest BCUT2D eigenvalue weighted by Gasteiger charge is 2.14. The molecule has 0 aromatic heterocycles. The van der Waals surface area contributed by atoms with Crippen LogP contribution in [0.2, 0.25) is 5.02 Å². The maximum atomic E-state index is 14.3. The zero-order valence-electron chi connectivity index (χ0n) is 18.8. The summed E-state index contributed by atoms with van der Waals surface area (Å²) in [6.07, 6.45) is 0. The SMILES string of the molecule is Fc1cccc(Cl)c1COc1ccc2ccccc2c1CNc1ccc(N2CCOCC2)cc1. The van der Waals surface area contributed by atoms with E-state index in [1.807, 2.05) is 24.3 Å². The van der Waals surface area contributed by atoms with Crippen molar-refractivity contribution in [3.8, 4) is 5.75 Å². The molecule has 1 fully saturated rings. The molecule has 6 heteroatoms. The van der Waals surface area contributed by atoms with Gasteiger partial charge in [0, 0.05) is 42.1 Å². The smallest absolute Gasteiger partial charge is 0.131 e. The van der Waals surface area contributed by atoms with Gasteiger partial charge in [-0.05, 0) is 53.2 Å². The van der Waals surface area contributed by atoms with Gasteiger partial charge >= 0.3 is 0 Å². The first-order chi connectivity index (χ1) is 16.7. The van der Waals surface area contributed by atoms with Crippen LogP contribution in [0.25, 0.3) is 10.8 Å². The lowest BCUT2D eigenvalue weighted by Gasteiger charge is -2.29. The molecule has 0 atom stereocenters. The molecule has 4 aromatic carbocycles. The number of halogens is 2. The Morgan fingerprint density at radius 3 is 2.47 bits per heavy atom. The predicted octanol–water partition coefficient (Wildman–Crippen LogP) is 6.66. The fourth-order valence-corrected chi connectivity index (χ4v) is 4.47. The first-order valence-electron chi connectivity index (χ1n) is 11.4. The second-order valence-corrected chi connectivity index (χ2v) is 8.66. The third-order valence-corrected chi connectivity index (χ3v) is 6.50. The van der Waals surface area contributed by atoms with Crippen LogP contribution in [-0.4, -0.2) is 26.3 Å². The van der Waals surface area contributed by atoms with Crippen LogP contribution in [0.4, 0.5) is 15.8 Å². The lowest BCUT2D eigenvalue weighted by Crippen LogP contribution is -2.36. The maximum Gasteiger partial charge on any atom is 0.131 e. The van der Waals surface area contributed by atoms with Crippen molar-refractivity contribution in [3.63, 3.8) is 0 Å². The minimum Gasteiger partial charge on any atom is -0.488 e. The van der Waals surface area contributed by atoms with E-state index < -0.39 is 0 Å². The lowest BCUT2D eigenvalue weighted by atomic mass is 10.0. The standard InChI is InChI=1S/C28H26ClFN2O2/c29-26-6-3-7-27(30)25(26)19-34-28-13-8-20-4-1-2-5-23(20)24(28)18-31-21-9-11-22(12-10-21)32-14-16-33-17-15-32/h1-13,31H,14-19H2. The number of anilines is 2. The molecule has 4 aromatic rings. The fraction of sp³-hybridized carbons (Fsp3) is 0.214. The summed E-state index contributed by atoms with van der Waals surface area (Å²) in [5, 5.41) is 6.10. The van der Waals surface area contributed by atoms with Crippen LogP contribution in [0.15, 0.2) is 78.9 Å². The number of morpholine rings is 1. The Kier molecular flexibility index (Phi) is 6.84. The van der Waals surface area contributed by atoms with Gasteiger partial charge in [-0.15, -0.1) is 0 Å². The summed E-state index contributed by atoms with van der Waals surface area (Å²) in [6.45, 7) is 3.98. The number of hydrogen-bond donors (Lipinski definition) is 1. The Morgan fingerprint density at radius 2 is 1.68 bits per heavy atom. The van der Waals surface area contributed by atoms with Crippen molar-refractivity contribution >= 4 is 33.7 Å². The zero-order chi connectivity index (χ0) is 23.3. The van der Waals surface area contributed by atoms with Crippen LogP contribution < -0.4 is 15.0 Å². The second kappa shape index (κ2) is 10.3. The molecule has 5 rings (SSSR count). The van der Waals surface area contributed by atoms with E-state index in [-0.39, 0.29) is 12.4 Å². The molecule has 174 valence electrons. The molecule has 0 spiro atoms. The van der Waals surface area contributed by atoms with E-state index in [0.29, 0.717) is 22.9 Å². The maximum absolute atomic E-state index is 14.3. The van der Waals surface area contributed by atoms with Crippen molar-refractivity contribution in [3.05, 3.63) is 101 Å². The molecule has 1 aliphatic rings. The van der Waals surface area contributed by atoms with Crippen molar-refractivity contribution in [1.82, 2.24) is 0 Å². The quantitative estimate of drug-likeness (QED) is 0.323. The van der Waals surface area contributed by atoms with E-state index in [1.54, 1.807) is 12.1 Å². The largest absolute Gasteiger partial charge is 0.488 e. The van der Waals surface area contributed by atoms with E-state index in [1.165, 1.54) is 11.8 Å². The zero-order valence-corrected chi connectivity index (χ0v) is 19.5. The molecular weight excluding hydrogens is 451 g/mol. The van der Waals surface area contributed by atoms with Crippen LogP contribution in [0.1, 0.15) is 11.1 Å². The van der Waals surface area contributed by atoms with Crippen LogP contribution in [-0.2, 0) is 17.9 Å². The second-order valence-electron chi connectivity index (χ2n) is 8.25. The molecule has 1 N–H and O–H groups in total. The molecule has 4 nitrogen and oxygen atoms in total. The number of rotatable bonds is 7. The summed E-state index contributed by atoms with van der Waals surface area (Å²) in [7, 11) is 0. The van der Waals surface area contributed by atoms with Gasteiger partial charge in [-0.3, -0.25) is 0 Å². The minimum absolute atomic E-state index is 0.0606. The van der Waals surface area contributed by atoms with E-state index >= 15 is 0 Å². The Labute approximate surface area is 203 Å². The van der Waals surface area contributed by atoms with Gasteiger partial charge in [-0.2, -0.15) is 0 Å². The Balaban J connectivity index is 1.36. The third-order valence-electron chi connectivity index (χ3n) is 6.14. The number of fused-ring (bicyclic) bond motifs is 1. The molecule has 1 aliphatic heterocycles. The lowest BCUT2D eigenvalue weighted by molar-refractivity contribution is 0.122. The van der Waals surface area contributed by atoms with E-state index in [9.17, 15) is 4.39 Å². The normalized spacial score (nSPS) is 13.8. The first-order valence-corrected chi connectivity index (χ1v) is 11.8. The Bertz CT molecular complexity index is 1250. The van der Waals surface area contributed by atoms with Gasteiger partial charge in [0.15, 0.2) is 0 Å². The summed E-state index contributed by atoms with van der Waals surface area (Å²) in [5.74, 6) is 0.337. The highest BCUT2D eigenvalue weighted by Crippen LogP contribution is 2.31. The van der Waals surface area contributed by atoms with Crippen molar-refractivity contribution < 1.29 is 13.9 Å². The van der Waals surface area contributed by atoms with E-state index in [4.69, 9.17) is 21.1 Å². The third kappa shape index (κ3) is 4.96. The van der Waals surface area contributed by atoms with Crippen LogP contribution >= 0.6 is 11.6 Å². The van der Waals surface area contributed by atoms with Gasteiger partial charge in [-0.1, -0.05) is 48.0 Å². The topological polar surface area (TPSA) is 33.7 Å². The van der Waals surface area contributed by atoms with Gasteiger partial charge in [0.05, 0.1) is 18.2 Å². The molecule has 1 heterocycles. The van der Waals surface area contributed by atoms with Crippen LogP contribution in [0, 0.1) is 5.82 Å². The van der Waals surface area contributed by atoms with Crippen LogP contribution in [0.3, 0.4) is 0 Å².